The molecule has 2 aliphatic heterocycles. The normalized spacial score (nSPS) is 24.6. The first kappa shape index (κ1) is 29.6. The number of halogens is 3. The van der Waals surface area contributed by atoms with Gasteiger partial charge >= 0.3 is 12.1 Å². The molecule has 1 aromatic carbocycles. The van der Waals surface area contributed by atoms with Gasteiger partial charge in [-0.1, -0.05) is 53.0 Å². The Kier molecular flexibility index (Phi) is 8.56. The van der Waals surface area contributed by atoms with E-state index in [1.807, 2.05) is 0 Å². The molecule has 14 heteroatoms. The summed E-state index contributed by atoms with van der Waals surface area (Å²) < 4.78 is 20.7. The summed E-state index contributed by atoms with van der Waals surface area (Å²) >= 11 is 15.2. The third kappa shape index (κ3) is 6.57. The average Bonchev–Trinajstić information content (AvgIpc) is 2.96. The van der Waals surface area contributed by atoms with E-state index in [0.29, 0.717) is 5.69 Å². The van der Waals surface area contributed by atoms with Gasteiger partial charge in [0.05, 0.1) is 0 Å². The summed E-state index contributed by atoms with van der Waals surface area (Å²) in [5.41, 5.74) is -0.396. The van der Waals surface area contributed by atoms with Gasteiger partial charge in [0.15, 0.2) is 16.8 Å². The van der Waals surface area contributed by atoms with Gasteiger partial charge < -0.3 is 19.3 Å². The molecule has 4 atom stereocenters. The van der Waals surface area contributed by atoms with E-state index in [1.165, 1.54) is 0 Å². The van der Waals surface area contributed by atoms with Crippen LogP contribution in [-0.4, -0.2) is 78.1 Å². The van der Waals surface area contributed by atoms with Crippen LogP contribution in [0.3, 0.4) is 0 Å². The Labute approximate surface area is 233 Å². The van der Waals surface area contributed by atoms with Gasteiger partial charge in [0.2, 0.25) is 15.1 Å². The topological polar surface area (TPSA) is 128 Å². The lowest BCUT2D eigenvalue weighted by atomic mass is 9.96. The van der Waals surface area contributed by atoms with Gasteiger partial charge in [-0.05, 0) is 57.9 Å². The fourth-order valence-electron chi connectivity index (χ4n) is 4.05. The lowest BCUT2D eigenvalue weighted by Gasteiger charge is -2.41. The molecule has 1 N–H and O–H groups in total. The number of anilines is 1. The molecule has 10 nitrogen and oxygen atoms in total. The number of carbonyl (C=O) groups is 4. The molecule has 0 bridgehead atoms. The number of alkyl halides is 3. The van der Waals surface area contributed by atoms with E-state index in [4.69, 9.17) is 44.3 Å². The molecule has 0 saturated carbocycles. The van der Waals surface area contributed by atoms with Crippen LogP contribution in [0.5, 0.6) is 0 Å². The minimum Gasteiger partial charge on any atom is -0.614 e. The molecule has 1 aromatic rings. The summed E-state index contributed by atoms with van der Waals surface area (Å²) in [5, 5.41) is 1.58. The number of hydrogen-bond donors (Lipinski definition) is 1. The number of β-lactam (4-membered cyclic amide) rings is 1. The van der Waals surface area contributed by atoms with Crippen molar-refractivity contribution < 1.29 is 33.2 Å². The highest BCUT2D eigenvalue weighted by Gasteiger charge is 2.73. The second-order valence-corrected chi connectivity index (χ2v) is 14.8. The molecule has 3 rings (SSSR count). The average molecular weight is 597 g/mol. The standard InChI is InChI=1S/C23H28Cl3N3O7S/c1-21(2,3)36-20(33)28(13-9-7-6-8-10-13)11-14(30)27-15-17(31)29-16(19(32)35-12-23(24,25)26)22(4,5)37(34)18(15)29/h6-10,15-16,18H,11-12H2,1-5H3,(H,27,30)/t15?,16?,18-,37?/m1/s1. The lowest BCUT2D eigenvalue weighted by Crippen LogP contribution is -2.72. The van der Waals surface area contributed by atoms with Crippen LogP contribution < -0.4 is 10.2 Å². The summed E-state index contributed by atoms with van der Waals surface area (Å²) in [5.74, 6) is -2.16. The molecule has 2 fully saturated rings. The SMILES string of the molecule is CC(C)(C)OC(=O)N(CC(=O)NC1C(=O)N2C(C(=O)OCC(Cl)(Cl)Cl)C(C)(C)[S+]([O-])[C@H]12)c1ccccc1. The van der Waals surface area contributed by atoms with Crippen molar-refractivity contribution in [2.45, 2.75) is 66.2 Å². The van der Waals surface area contributed by atoms with Crippen molar-refractivity contribution in [3.63, 3.8) is 0 Å². The molecule has 204 valence electrons. The Balaban J connectivity index is 1.74. The minimum absolute atomic E-state index is 0.413. The van der Waals surface area contributed by atoms with Crippen LogP contribution in [0.15, 0.2) is 30.3 Å². The monoisotopic (exact) mass is 595 g/mol. The highest BCUT2D eigenvalue weighted by molar-refractivity contribution is 7.94. The molecule has 2 saturated heterocycles. The van der Waals surface area contributed by atoms with Gasteiger partial charge in [0.25, 0.3) is 5.91 Å². The number of nitrogens with zero attached hydrogens (tertiary/aromatic N) is 2. The van der Waals surface area contributed by atoms with Crippen LogP contribution >= 0.6 is 34.8 Å². The number of amides is 3. The Morgan fingerprint density at radius 2 is 1.76 bits per heavy atom. The number of nitrogens with one attached hydrogen (secondary N) is 1. The lowest BCUT2D eigenvalue weighted by molar-refractivity contribution is -0.164. The van der Waals surface area contributed by atoms with E-state index in [1.54, 1.807) is 65.0 Å². The van der Waals surface area contributed by atoms with E-state index in [0.717, 1.165) is 9.80 Å². The fraction of sp³-hybridized carbons (Fsp3) is 0.565. The zero-order chi connectivity index (χ0) is 27.9. The first-order chi connectivity index (χ1) is 16.9. The van der Waals surface area contributed by atoms with Crippen LogP contribution in [0.25, 0.3) is 0 Å². The molecule has 3 amide bonds. The maximum absolute atomic E-state index is 13.2. The van der Waals surface area contributed by atoms with Crippen LogP contribution in [0.2, 0.25) is 0 Å². The molecular formula is C23H28Cl3N3O7S. The number of benzene rings is 1. The number of para-hydroxylation sites is 1. The Hall–Kier alpha value is -1.92. The van der Waals surface area contributed by atoms with Crippen molar-refractivity contribution in [1.29, 1.82) is 0 Å². The maximum atomic E-state index is 13.2. The molecule has 0 radical (unpaired) electrons. The summed E-state index contributed by atoms with van der Waals surface area (Å²) in [6.07, 6.45) is -0.752. The highest BCUT2D eigenvalue weighted by Crippen LogP contribution is 2.46. The Morgan fingerprint density at radius 3 is 2.30 bits per heavy atom. The fourth-order valence-corrected chi connectivity index (χ4v) is 6.13. The Morgan fingerprint density at radius 1 is 1.16 bits per heavy atom. The second kappa shape index (κ2) is 10.7. The van der Waals surface area contributed by atoms with Crippen molar-refractivity contribution in [3.05, 3.63) is 30.3 Å². The number of carbonyl (C=O) groups excluding carboxylic acids is 4. The summed E-state index contributed by atoms with van der Waals surface area (Å²) in [4.78, 5) is 53.8. The van der Waals surface area contributed by atoms with Crippen LogP contribution in [0, 0.1) is 0 Å². The van der Waals surface area contributed by atoms with Crippen molar-refractivity contribution >= 4 is 75.5 Å². The highest BCUT2D eigenvalue weighted by atomic mass is 35.6. The van der Waals surface area contributed by atoms with Gasteiger partial charge in [-0.25, -0.2) is 9.59 Å². The third-order valence-corrected chi connectivity index (χ3v) is 8.18. The third-order valence-electron chi connectivity index (χ3n) is 5.66. The van der Waals surface area contributed by atoms with Crippen LogP contribution in [0.4, 0.5) is 10.5 Å². The molecule has 0 spiro atoms. The summed E-state index contributed by atoms with van der Waals surface area (Å²) in [7, 11) is 0. The van der Waals surface area contributed by atoms with E-state index in [9.17, 15) is 23.7 Å². The predicted molar refractivity (Wildman–Crippen MR) is 140 cm³/mol. The zero-order valence-electron chi connectivity index (χ0n) is 20.8. The van der Waals surface area contributed by atoms with Crippen LogP contribution in [0.1, 0.15) is 34.6 Å². The zero-order valence-corrected chi connectivity index (χ0v) is 23.9. The van der Waals surface area contributed by atoms with E-state index in [-0.39, 0.29) is 0 Å². The Bertz CT molecular complexity index is 1060. The first-order valence-corrected chi connectivity index (χ1v) is 13.6. The molecule has 0 aliphatic carbocycles. The van der Waals surface area contributed by atoms with E-state index in [2.05, 4.69) is 5.32 Å². The molecule has 3 unspecified atom stereocenters. The largest absolute Gasteiger partial charge is 0.614 e. The van der Waals surface area contributed by atoms with Crippen molar-refractivity contribution in [3.8, 4) is 0 Å². The number of rotatable bonds is 6. The number of hydrogen-bond acceptors (Lipinski definition) is 7. The molecule has 0 aromatic heterocycles. The molecule has 37 heavy (non-hydrogen) atoms. The predicted octanol–water partition coefficient (Wildman–Crippen LogP) is 2.90. The van der Waals surface area contributed by atoms with Crippen LogP contribution in [-0.2, 0) is 35.0 Å². The molecule has 2 aliphatic rings. The van der Waals surface area contributed by atoms with Gasteiger partial charge in [-0.2, -0.15) is 0 Å². The van der Waals surface area contributed by atoms with Gasteiger partial charge in [-0.15, -0.1) is 0 Å². The van der Waals surface area contributed by atoms with Gasteiger partial charge in [0, 0.05) is 5.69 Å². The summed E-state index contributed by atoms with van der Waals surface area (Å²) in [6.45, 7) is 7.18. The number of ether oxygens (including phenoxy) is 2. The van der Waals surface area contributed by atoms with Crippen molar-refractivity contribution in [2.75, 3.05) is 18.1 Å². The van der Waals surface area contributed by atoms with Crippen molar-refractivity contribution in [2.24, 2.45) is 0 Å². The van der Waals surface area contributed by atoms with Crippen molar-refractivity contribution in [1.82, 2.24) is 10.2 Å². The maximum Gasteiger partial charge on any atom is 0.415 e. The first-order valence-electron chi connectivity index (χ1n) is 11.3. The minimum atomic E-state index is -1.86. The summed E-state index contributed by atoms with van der Waals surface area (Å²) in [6, 6.07) is 6.06. The second-order valence-electron chi connectivity index (χ2n) is 10.1. The van der Waals surface area contributed by atoms with E-state index >= 15 is 0 Å². The molecular weight excluding hydrogens is 569 g/mol. The quantitative estimate of drug-likeness (QED) is 0.231. The van der Waals surface area contributed by atoms with Gasteiger partial charge in [0.1, 0.15) is 18.8 Å². The van der Waals surface area contributed by atoms with Gasteiger partial charge in [-0.3, -0.25) is 19.4 Å². The molecule has 2 heterocycles. The number of fused-ring (bicyclic) bond motifs is 1. The smallest absolute Gasteiger partial charge is 0.415 e. The van der Waals surface area contributed by atoms with E-state index < -0.39 is 79.8 Å². The number of esters is 1.